The maximum absolute atomic E-state index is 13.3. The van der Waals surface area contributed by atoms with Gasteiger partial charge in [0.15, 0.2) is 0 Å². The second kappa shape index (κ2) is 9.73. The average Bonchev–Trinajstić information content (AvgIpc) is 3.09. The molecule has 1 atom stereocenters. The molecule has 34 heavy (non-hydrogen) atoms. The quantitative estimate of drug-likeness (QED) is 0.249. The van der Waals surface area contributed by atoms with Crippen LogP contribution in [0.2, 0.25) is 0 Å². The fourth-order valence-corrected chi connectivity index (χ4v) is 4.54. The number of aliphatic hydroxyl groups is 1. The molecule has 0 radical (unpaired) electrons. The van der Waals surface area contributed by atoms with E-state index in [0.29, 0.717) is 32.8 Å². The van der Waals surface area contributed by atoms with Crippen molar-refractivity contribution >= 4 is 39.1 Å². The minimum Gasteiger partial charge on any atom is -0.507 e. The molecule has 0 spiro atoms. The Balaban J connectivity index is 1.92. The first kappa shape index (κ1) is 23.6. The van der Waals surface area contributed by atoms with E-state index in [9.17, 15) is 14.7 Å². The Kier molecular flexibility index (Phi) is 6.75. The van der Waals surface area contributed by atoms with Gasteiger partial charge in [-0.1, -0.05) is 30.3 Å². The van der Waals surface area contributed by atoms with Crippen LogP contribution in [0.1, 0.15) is 31.0 Å². The fraction of sp³-hybridized carbons (Fsp3) is 0.185. The fourth-order valence-electron chi connectivity index (χ4n) is 4.00. The summed E-state index contributed by atoms with van der Waals surface area (Å²) in [5, 5.41) is 11.3. The van der Waals surface area contributed by atoms with Gasteiger partial charge in [0.1, 0.15) is 17.3 Å². The Morgan fingerprint density at radius 2 is 1.74 bits per heavy atom. The number of amides is 1. The number of ether oxygens (including phenoxy) is 2. The van der Waals surface area contributed by atoms with E-state index in [1.165, 1.54) is 12.0 Å². The first-order valence-corrected chi connectivity index (χ1v) is 11.6. The number of hydrogen-bond donors (Lipinski definition) is 1. The number of benzene rings is 3. The molecule has 4 rings (SSSR count). The van der Waals surface area contributed by atoms with Gasteiger partial charge in [-0.05, 0) is 77.8 Å². The third-order valence-electron chi connectivity index (χ3n) is 5.45. The van der Waals surface area contributed by atoms with Gasteiger partial charge in [-0.3, -0.25) is 14.5 Å². The molecule has 3 aromatic rings. The average molecular weight is 522 g/mol. The van der Waals surface area contributed by atoms with E-state index in [2.05, 4.69) is 15.9 Å². The van der Waals surface area contributed by atoms with E-state index in [0.717, 1.165) is 0 Å². The number of methoxy groups -OCH3 is 1. The summed E-state index contributed by atoms with van der Waals surface area (Å²) in [6.45, 7) is 3.84. The molecule has 1 aliphatic rings. The number of carbonyl (C=O) groups is 2. The molecule has 1 amide bonds. The minimum absolute atomic E-state index is 0.00705. The first-order chi connectivity index (χ1) is 16.3. The Labute approximate surface area is 206 Å². The lowest BCUT2D eigenvalue weighted by Gasteiger charge is -2.26. The summed E-state index contributed by atoms with van der Waals surface area (Å²) in [4.78, 5) is 27.9. The molecule has 1 saturated heterocycles. The Morgan fingerprint density at radius 3 is 2.38 bits per heavy atom. The lowest BCUT2D eigenvalue weighted by Crippen LogP contribution is -2.29. The van der Waals surface area contributed by atoms with Crippen LogP contribution in [0.4, 0.5) is 5.69 Å². The molecule has 0 aliphatic carbocycles. The molecule has 6 nitrogen and oxygen atoms in total. The Hall–Kier alpha value is -3.58. The van der Waals surface area contributed by atoms with Crippen molar-refractivity contribution in [1.82, 2.24) is 0 Å². The first-order valence-electron chi connectivity index (χ1n) is 10.8. The van der Waals surface area contributed by atoms with Gasteiger partial charge in [-0.15, -0.1) is 0 Å². The summed E-state index contributed by atoms with van der Waals surface area (Å²) in [6.07, 6.45) is -0.0487. The molecule has 1 heterocycles. The molecular formula is C27H24BrNO5. The van der Waals surface area contributed by atoms with E-state index < -0.39 is 17.7 Å². The molecule has 0 aromatic heterocycles. The van der Waals surface area contributed by atoms with E-state index >= 15 is 0 Å². The van der Waals surface area contributed by atoms with Gasteiger partial charge in [0.05, 0.1) is 29.3 Å². The second-order valence-corrected chi connectivity index (χ2v) is 8.95. The lowest BCUT2D eigenvalue weighted by molar-refractivity contribution is -0.132. The van der Waals surface area contributed by atoms with Crippen LogP contribution >= 0.6 is 15.9 Å². The molecule has 0 bridgehead atoms. The van der Waals surface area contributed by atoms with Gasteiger partial charge in [-0.25, -0.2) is 0 Å². The number of halogens is 1. The van der Waals surface area contributed by atoms with E-state index in [1.54, 1.807) is 48.5 Å². The number of Topliss-reactive ketones (excluding diaryl/α,β-unsaturated/α-hetero) is 1. The number of aliphatic hydroxyl groups excluding tert-OH is 1. The number of hydrogen-bond acceptors (Lipinski definition) is 5. The maximum atomic E-state index is 13.3. The highest BCUT2D eigenvalue weighted by atomic mass is 79.9. The molecule has 0 saturated carbocycles. The predicted octanol–water partition coefficient (Wildman–Crippen LogP) is 5.87. The zero-order valence-corrected chi connectivity index (χ0v) is 20.6. The summed E-state index contributed by atoms with van der Waals surface area (Å²) in [5.41, 5.74) is 1.60. The number of rotatable bonds is 6. The van der Waals surface area contributed by atoms with Crippen LogP contribution in [0, 0.1) is 0 Å². The zero-order chi connectivity index (χ0) is 24.4. The number of anilines is 1. The molecule has 1 fully saturated rings. The van der Waals surface area contributed by atoms with Crippen molar-refractivity contribution in [3.05, 3.63) is 94.0 Å². The summed E-state index contributed by atoms with van der Waals surface area (Å²) in [6, 6.07) is 20.3. The molecule has 1 N–H and O–H groups in total. The number of nitrogens with zero attached hydrogens (tertiary/aromatic N) is 1. The van der Waals surface area contributed by atoms with Gasteiger partial charge < -0.3 is 14.6 Å². The Bertz CT molecular complexity index is 1270. The van der Waals surface area contributed by atoms with Crippen LogP contribution in [-0.2, 0) is 9.59 Å². The summed E-state index contributed by atoms with van der Waals surface area (Å²) in [5.74, 6) is -0.538. The van der Waals surface area contributed by atoms with Crippen molar-refractivity contribution in [1.29, 1.82) is 0 Å². The SMILES string of the molecule is COc1ccc(/C(O)=C2\C(=O)C(=O)N(c3ccccc3)C2c2cccc(OC(C)C)c2)cc1Br. The second-order valence-electron chi connectivity index (χ2n) is 8.09. The number of para-hydroxylation sites is 1. The topological polar surface area (TPSA) is 76.1 Å². The van der Waals surface area contributed by atoms with Crippen molar-refractivity contribution in [3.8, 4) is 11.5 Å². The van der Waals surface area contributed by atoms with E-state index in [-0.39, 0.29) is 17.4 Å². The molecule has 1 aliphatic heterocycles. The summed E-state index contributed by atoms with van der Waals surface area (Å²) >= 11 is 3.41. The molecule has 7 heteroatoms. The smallest absolute Gasteiger partial charge is 0.300 e. The van der Waals surface area contributed by atoms with Crippen LogP contribution in [0.3, 0.4) is 0 Å². The van der Waals surface area contributed by atoms with Gasteiger partial charge >= 0.3 is 0 Å². The summed E-state index contributed by atoms with van der Waals surface area (Å²) < 4.78 is 11.7. The van der Waals surface area contributed by atoms with Crippen LogP contribution in [-0.4, -0.2) is 30.0 Å². The van der Waals surface area contributed by atoms with Crippen molar-refractivity contribution in [2.24, 2.45) is 0 Å². The lowest BCUT2D eigenvalue weighted by atomic mass is 9.95. The highest BCUT2D eigenvalue weighted by Crippen LogP contribution is 2.43. The summed E-state index contributed by atoms with van der Waals surface area (Å²) in [7, 11) is 1.54. The number of ketones is 1. The Morgan fingerprint density at radius 1 is 1.00 bits per heavy atom. The van der Waals surface area contributed by atoms with Crippen LogP contribution in [0.15, 0.2) is 82.8 Å². The van der Waals surface area contributed by atoms with E-state index in [1.807, 2.05) is 38.1 Å². The molecule has 1 unspecified atom stereocenters. The normalized spacial score (nSPS) is 17.3. The van der Waals surface area contributed by atoms with Gasteiger partial charge in [-0.2, -0.15) is 0 Å². The zero-order valence-electron chi connectivity index (χ0n) is 19.0. The molecule has 3 aromatic carbocycles. The third-order valence-corrected chi connectivity index (χ3v) is 6.07. The van der Waals surface area contributed by atoms with Crippen molar-refractivity contribution < 1.29 is 24.2 Å². The molecule has 174 valence electrons. The monoisotopic (exact) mass is 521 g/mol. The predicted molar refractivity (Wildman–Crippen MR) is 134 cm³/mol. The van der Waals surface area contributed by atoms with Crippen molar-refractivity contribution in [2.75, 3.05) is 12.0 Å². The highest BCUT2D eigenvalue weighted by molar-refractivity contribution is 9.10. The largest absolute Gasteiger partial charge is 0.507 e. The van der Waals surface area contributed by atoms with Crippen LogP contribution in [0.5, 0.6) is 11.5 Å². The standard InChI is InChI=1S/C27H24BrNO5/c1-16(2)34-20-11-7-8-17(14-20)24-23(25(30)18-12-13-22(33-3)21(28)15-18)26(31)27(32)29(24)19-9-5-4-6-10-19/h4-16,24,30H,1-3H3/b25-23+. The van der Waals surface area contributed by atoms with Crippen molar-refractivity contribution in [2.45, 2.75) is 26.0 Å². The highest BCUT2D eigenvalue weighted by Gasteiger charge is 2.47. The minimum atomic E-state index is -0.834. The van der Waals surface area contributed by atoms with Crippen LogP contribution in [0.25, 0.3) is 5.76 Å². The van der Waals surface area contributed by atoms with Gasteiger partial charge in [0, 0.05) is 11.3 Å². The van der Waals surface area contributed by atoms with Gasteiger partial charge in [0.2, 0.25) is 0 Å². The third kappa shape index (κ3) is 4.43. The van der Waals surface area contributed by atoms with E-state index in [4.69, 9.17) is 9.47 Å². The van der Waals surface area contributed by atoms with Crippen molar-refractivity contribution in [3.63, 3.8) is 0 Å². The number of carbonyl (C=O) groups excluding carboxylic acids is 2. The molecular weight excluding hydrogens is 498 g/mol. The van der Waals surface area contributed by atoms with Gasteiger partial charge in [0.25, 0.3) is 11.7 Å². The maximum Gasteiger partial charge on any atom is 0.300 e. The van der Waals surface area contributed by atoms with Crippen LogP contribution < -0.4 is 14.4 Å².